The Morgan fingerprint density at radius 1 is 1.29 bits per heavy atom. The summed E-state index contributed by atoms with van der Waals surface area (Å²) in [5, 5.41) is 19.5. The van der Waals surface area contributed by atoms with Crippen molar-refractivity contribution in [1.29, 1.82) is 0 Å². The Balaban J connectivity index is 3.43. The summed E-state index contributed by atoms with van der Waals surface area (Å²) in [6, 6.07) is 3.79. The fraction of sp³-hybridized carbons (Fsp3) is 0.571. The maximum atomic E-state index is 10.1. The second kappa shape index (κ2) is 4.96. The van der Waals surface area contributed by atoms with E-state index in [2.05, 4.69) is 13.8 Å². The molecule has 0 heterocycles. The van der Waals surface area contributed by atoms with Gasteiger partial charge in [-0.15, -0.1) is 0 Å². The van der Waals surface area contributed by atoms with Crippen LogP contribution in [-0.2, 0) is 5.41 Å². The number of phenols is 1. The van der Waals surface area contributed by atoms with Crippen LogP contribution in [-0.4, -0.2) is 23.9 Å². The van der Waals surface area contributed by atoms with E-state index in [1.54, 1.807) is 0 Å². The fourth-order valence-electron chi connectivity index (χ4n) is 1.72. The molecule has 0 amide bonds. The molecular formula is C14H22O3. The minimum Gasteiger partial charge on any atom is -0.504 e. The zero-order valence-corrected chi connectivity index (χ0v) is 11.2. The first-order valence-corrected chi connectivity index (χ1v) is 5.85. The van der Waals surface area contributed by atoms with Gasteiger partial charge >= 0.3 is 0 Å². The zero-order chi connectivity index (χ0) is 13.2. The van der Waals surface area contributed by atoms with Crippen LogP contribution in [0.2, 0.25) is 0 Å². The van der Waals surface area contributed by atoms with Gasteiger partial charge < -0.3 is 14.9 Å². The van der Waals surface area contributed by atoms with E-state index in [4.69, 9.17) is 4.74 Å². The van der Waals surface area contributed by atoms with Crippen LogP contribution in [0.4, 0.5) is 0 Å². The molecule has 1 aromatic carbocycles. The molecule has 0 aromatic heterocycles. The Kier molecular flexibility index (Phi) is 4.04. The molecule has 0 saturated carbocycles. The molecule has 0 aliphatic carbocycles. The monoisotopic (exact) mass is 238 g/mol. The van der Waals surface area contributed by atoms with Gasteiger partial charge in [0.2, 0.25) is 0 Å². The number of aromatic hydroxyl groups is 1. The maximum absolute atomic E-state index is 10.1. The summed E-state index contributed by atoms with van der Waals surface area (Å²) in [4.78, 5) is 0. The standard InChI is InChI=1S/C14H22O3/c1-9(2)10-6-11(14(3,4)8-15)13(16)12(7-10)17-5/h6-7,9,15-16H,8H2,1-5H3. The van der Waals surface area contributed by atoms with Crippen molar-refractivity contribution in [3.05, 3.63) is 23.3 Å². The van der Waals surface area contributed by atoms with Gasteiger partial charge in [-0.05, 0) is 17.5 Å². The average Bonchev–Trinajstić information content (AvgIpc) is 2.28. The van der Waals surface area contributed by atoms with Gasteiger partial charge in [0.05, 0.1) is 13.7 Å². The van der Waals surface area contributed by atoms with Crippen LogP contribution < -0.4 is 4.74 Å². The van der Waals surface area contributed by atoms with Crippen LogP contribution in [0.5, 0.6) is 11.5 Å². The highest BCUT2D eigenvalue weighted by atomic mass is 16.5. The van der Waals surface area contributed by atoms with E-state index in [9.17, 15) is 10.2 Å². The van der Waals surface area contributed by atoms with Crippen molar-refractivity contribution in [2.24, 2.45) is 0 Å². The molecule has 0 aliphatic heterocycles. The third-order valence-electron chi connectivity index (χ3n) is 3.11. The molecule has 0 saturated heterocycles. The minimum absolute atomic E-state index is 0.0226. The van der Waals surface area contributed by atoms with Crippen molar-refractivity contribution in [3.63, 3.8) is 0 Å². The SMILES string of the molecule is COc1cc(C(C)C)cc(C(C)(C)CO)c1O. The number of aliphatic hydroxyl groups is 1. The Morgan fingerprint density at radius 2 is 1.88 bits per heavy atom. The summed E-state index contributed by atoms with van der Waals surface area (Å²) in [6.07, 6.45) is 0. The zero-order valence-electron chi connectivity index (χ0n) is 11.2. The van der Waals surface area contributed by atoms with E-state index in [-0.39, 0.29) is 12.4 Å². The molecule has 3 heteroatoms. The van der Waals surface area contributed by atoms with E-state index in [0.717, 1.165) is 11.1 Å². The lowest BCUT2D eigenvalue weighted by Crippen LogP contribution is -2.22. The van der Waals surface area contributed by atoms with Crippen molar-refractivity contribution >= 4 is 0 Å². The Morgan fingerprint density at radius 3 is 2.29 bits per heavy atom. The highest BCUT2D eigenvalue weighted by Gasteiger charge is 2.26. The molecule has 0 bridgehead atoms. The topological polar surface area (TPSA) is 49.7 Å². The van der Waals surface area contributed by atoms with E-state index in [0.29, 0.717) is 11.7 Å². The number of hydrogen-bond acceptors (Lipinski definition) is 3. The van der Waals surface area contributed by atoms with Crippen LogP contribution in [0, 0.1) is 0 Å². The van der Waals surface area contributed by atoms with Crippen LogP contribution >= 0.6 is 0 Å². The molecule has 3 nitrogen and oxygen atoms in total. The number of rotatable bonds is 4. The van der Waals surface area contributed by atoms with Crippen LogP contribution in [0.25, 0.3) is 0 Å². The number of methoxy groups -OCH3 is 1. The van der Waals surface area contributed by atoms with E-state index < -0.39 is 5.41 Å². The molecular weight excluding hydrogens is 216 g/mol. The first-order chi connectivity index (χ1) is 7.83. The third-order valence-corrected chi connectivity index (χ3v) is 3.11. The Labute approximate surface area is 103 Å². The summed E-state index contributed by atoms with van der Waals surface area (Å²) in [6.45, 7) is 7.94. The van der Waals surface area contributed by atoms with E-state index in [1.165, 1.54) is 7.11 Å². The first kappa shape index (κ1) is 13.8. The molecule has 0 atom stereocenters. The van der Waals surface area contributed by atoms with Gasteiger partial charge in [0.1, 0.15) is 0 Å². The summed E-state index contributed by atoms with van der Waals surface area (Å²) in [5.41, 5.74) is 1.33. The number of aliphatic hydroxyl groups excluding tert-OH is 1. The quantitative estimate of drug-likeness (QED) is 0.848. The van der Waals surface area contributed by atoms with Gasteiger partial charge in [-0.25, -0.2) is 0 Å². The van der Waals surface area contributed by atoms with Crippen LogP contribution in [0.1, 0.15) is 44.7 Å². The molecule has 0 unspecified atom stereocenters. The van der Waals surface area contributed by atoms with Gasteiger partial charge in [0.25, 0.3) is 0 Å². The van der Waals surface area contributed by atoms with E-state index in [1.807, 2.05) is 26.0 Å². The summed E-state index contributed by atoms with van der Waals surface area (Å²) >= 11 is 0. The van der Waals surface area contributed by atoms with Crippen molar-refractivity contribution in [2.75, 3.05) is 13.7 Å². The second-order valence-electron chi connectivity index (χ2n) is 5.32. The third kappa shape index (κ3) is 2.72. The van der Waals surface area contributed by atoms with Crippen molar-refractivity contribution in [2.45, 2.75) is 39.0 Å². The second-order valence-corrected chi connectivity index (χ2v) is 5.32. The fourth-order valence-corrected chi connectivity index (χ4v) is 1.72. The number of ether oxygens (including phenoxy) is 1. The largest absolute Gasteiger partial charge is 0.504 e. The summed E-state index contributed by atoms with van der Waals surface area (Å²) in [5.74, 6) is 0.932. The smallest absolute Gasteiger partial charge is 0.161 e. The molecule has 17 heavy (non-hydrogen) atoms. The predicted octanol–water partition coefficient (Wildman–Crippen LogP) is 2.79. The molecule has 0 aliphatic rings. The van der Waals surface area contributed by atoms with Gasteiger partial charge in [-0.3, -0.25) is 0 Å². The van der Waals surface area contributed by atoms with Crippen LogP contribution in [0.15, 0.2) is 12.1 Å². The highest BCUT2D eigenvalue weighted by molar-refractivity contribution is 5.52. The molecule has 2 N–H and O–H groups in total. The van der Waals surface area contributed by atoms with Crippen molar-refractivity contribution < 1.29 is 14.9 Å². The Hall–Kier alpha value is -1.22. The maximum Gasteiger partial charge on any atom is 0.161 e. The average molecular weight is 238 g/mol. The highest BCUT2D eigenvalue weighted by Crippen LogP contribution is 2.40. The predicted molar refractivity (Wildman–Crippen MR) is 68.9 cm³/mol. The molecule has 0 radical (unpaired) electrons. The molecule has 1 aromatic rings. The van der Waals surface area contributed by atoms with Gasteiger partial charge in [-0.2, -0.15) is 0 Å². The Bertz CT molecular complexity index is 395. The van der Waals surface area contributed by atoms with E-state index >= 15 is 0 Å². The van der Waals surface area contributed by atoms with Crippen molar-refractivity contribution in [3.8, 4) is 11.5 Å². The van der Waals surface area contributed by atoms with Gasteiger partial charge in [0, 0.05) is 11.0 Å². The molecule has 0 spiro atoms. The summed E-state index contributed by atoms with van der Waals surface area (Å²) in [7, 11) is 1.54. The lowest BCUT2D eigenvalue weighted by molar-refractivity contribution is 0.214. The van der Waals surface area contributed by atoms with Gasteiger partial charge in [-0.1, -0.05) is 33.8 Å². The lowest BCUT2D eigenvalue weighted by Gasteiger charge is -2.25. The number of benzene rings is 1. The molecule has 1 rings (SSSR count). The minimum atomic E-state index is -0.484. The van der Waals surface area contributed by atoms with Gasteiger partial charge in [0.15, 0.2) is 11.5 Å². The first-order valence-electron chi connectivity index (χ1n) is 5.85. The number of phenolic OH excluding ortho intramolecular Hbond substituents is 1. The lowest BCUT2D eigenvalue weighted by atomic mass is 9.82. The van der Waals surface area contributed by atoms with Crippen LogP contribution in [0.3, 0.4) is 0 Å². The summed E-state index contributed by atoms with van der Waals surface area (Å²) < 4.78 is 5.18. The number of hydrogen-bond donors (Lipinski definition) is 2. The normalized spacial score (nSPS) is 11.9. The molecule has 0 fully saturated rings. The molecule has 96 valence electrons. The van der Waals surface area contributed by atoms with Crippen molar-refractivity contribution in [1.82, 2.24) is 0 Å².